The van der Waals surface area contributed by atoms with Gasteiger partial charge in [0, 0.05) is 17.5 Å². The van der Waals surface area contributed by atoms with Crippen molar-refractivity contribution < 1.29 is 4.21 Å². The van der Waals surface area contributed by atoms with Crippen molar-refractivity contribution in [1.29, 1.82) is 0 Å². The molecule has 76 valence electrons. The minimum atomic E-state index is -2.21. The van der Waals surface area contributed by atoms with Gasteiger partial charge < -0.3 is 0 Å². The largest absolute Gasteiger partial charge is 0.248 e. The highest BCUT2D eigenvalue weighted by atomic mass is 32.2. The molecule has 0 saturated carbocycles. The van der Waals surface area contributed by atoms with Crippen LogP contribution in [0.5, 0.6) is 0 Å². The van der Waals surface area contributed by atoms with Gasteiger partial charge in [0.05, 0.1) is 9.71 Å². The van der Waals surface area contributed by atoms with E-state index in [-0.39, 0.29) is 6.04 Å². The fourth-order valence-corrected chi connectivity index (χ4v) is 3.98. The van der Waals surface area contributed by atoms with Gasteiger partial charge in [-0.3, -0.25) is 0 Å². The molecule has 0 radical (unpaired) electrons. The van der Waals surface area contributed by atoms with Crippen LogP contribution in [-0.2, 0) is 16.3 Å². The average Bonchev–Trinajstić information content (AvgIpc) is 2.39. The monoisotopic (exact) mass is 209 g/mol. The third-order valence-corrected chi connectivity index (χ3v) is 4.99. The Morgan fingerprint density at radius 2 is 2.07 bits per heavy atom. The minimum absolute atomic E-state index is 0.271. The summed E-state index contributed by atoms with van der Waals surface area (Å²) in [6, 6.07) is 8.13. The standard InChI is InChI=1S/C11H15NOS/c1-9(2)12-8-10-6-4-5-7-11(10)14(12,3)13/h4-7,9H,3,8H2,1-2H3. The Bertz CT molecular complexity index is 448. The van der Waals surface area contributed by atoms with E-state index in [0.29, 0.717) is 0 Å². The zero-order valence-corrected chi connectivity index (χ0v) is 9.38. The van der Waals surface area contributed by atoms with E-state index >= 15 is 0 Å². The second-order valence-electron chi connectivity index (χ2n) is 3.92. The van der Waals surface area contributed by atoms with E-state index in [1.54, 1.807) is 0 Å². The Balaban J connectivity index is 2.57. The third kappa shape index (κ3) is 1.28. The Morgan fingerprint density at radius 3 is 2.64 bits per heavy atom. The van der Waals surface area contributed by atoms with Crippen molar-refractivity contribution in [2.45, 2.75) is 31.3 Å². The van der Waals surface area contributed by atoms with E-state index in [4.69, 9.17) is 0 Å². The highest BCUT2D eigenvalue weighted by Gasteiger charge is 2.30. The van der Waals surface area contributed by atoms with Crippen LogP contribution < -0.4 is 0 Å². The van der Waals surface area contributed by atoms with Crippen molar-refractivity contribution in [2.75, 3.05) is 0 Å². The van der Waals surface area contributed by atoms with Gasteiger partial charge >= 0.3 is 0 Å². The molecule has 0 saturated heterocycles. The lowest BCUT2D eigenvalue weighted by Gasteiger charge is -2.22. The molecule has 0 aromatic heterocycles. The summed E-state index contributed by atoms with van der Waals surface area (Å²) in [5.74, 6) is 3.87. The molecular formula is C11H15NOS. The highest BCUT2D eigenvalue weighted by molar-refractivity contribution is 7.98. The molecule has 0 N–H and O–H groups in total. The van der Waals surface area contributed by atoms with Crippen LogP contribution in [-0.4, -0.2) is 20.4 Å². The number of hydrogen-bond acceptors (Lipinski definition) is 1. The smallest absolute Gasteiger partial charge is 0.0567 e. The van der Waals surface area contributed by atoms with Crippen molar-refractivity contribution in [1.82, 2.24) is 4.31 Å². The molecule has 0 bridgehead atoms. The van der Waals surface area contributed by atoms with E-state index in [1.165, 1.54) is 0 Å². The lowest BCUT2D eigenvalue weighted by Crippen LogP contribution is -2.30. The highest BCUT2D eigenvalue weighted by Crippen LogP contribution is 2.31. The maximum Gasteiger partial charge on any atom is 0.0567 e. The number of rotatable bonds is 1. The summed E-state index contributed by atoms with van der Waals surface area (Å²) in [4.78, 5) is 0.911. The fourth-order valence-electron chi connectivity index (χ4n) is 1.87. The maximum atomic E-state index is 12.4. The average molecular weight is 209 g/mol. The lowest BCUT2D eigenvalue weighted by atomic mass is 10.2. The van der Waals surface area contributed by atoms with E-state index < -0.39 is 9.71 Å². The predicted octanol–water partition coefficient (Wildman–Crippen LogP) is 1.90. The van der Waals surface area contributed by atoms with Gasteiger partial charge in [0.15, 0.2) is 0 Å². The van der Waals surface area contributed by atoms with Crippen LogP contribution in [0.4, 0.5) is 0 Å². The molecule has 0 fully saturated rings. The molecule has 1 aromatic carbocycles. The van der Waals surface area contributed by atoms with Crippen molar-refractivity contribution in [3.8, 4) is 0 Å². The van der Waals surface area contributed by atoms with Crippen LogP contribution in [0, 0.1) is 0 Å². The molecular weight excluding hydrogens is 194 g/mol. The topological polar surface area (TPSA) is 20.3 Å². The molecule has 0 aliphatic carbocycles. The first-order valence-electron chi connectivity index (χ1n) is 4.75. The summed E-state index contributed by atoms with van der Waals surface area (Å²) in [5.41, 5.74) is 1.15. The third-order valence-electron chi connectivity index (χ3n) is 2.60. The first-order valence-corrected chi connectivity index (χ1v) is 6.44. The molecule has 0 amide bonds. The summed E-state index contributed by atoms with van der Waals surface area (Å²) >= 11 is 0. The predicted molar refractivity (Wildman–Crippen MR) is 60.7 cm³/mol. The Kier molecular flexibility index (Phi) is 2.16. The second kappa shape index (κ2) is 3.11. The quantitative estimate of drug-likeness (QED) is 0.647. The minimum Gasteiger partial charge on any atom is -0.248 e. The summed E-state index contributed by atoms with van der Waals surface area (Å²) in [5, 5.41) is 0. The van der Waals surface area contributed by atoms with Crippen molar-refractivity contribution in [3.63, 3.8) is 0 Å². The number of hydrogen-bond donors (Lipinski definition) is 0. The van der Waals surface area contributed by atoms with Gasteiger partial charge in [-0.15, -0.1) is 0 Å². The zero-order valence-electron chi connectivity index (χ0n) is 8.56. The van der Waals surface area contributed by atoms with E-state index in [2.05, 4.69) is 19.7 Å². The van der Waals surface area contributed by atoms with Gasteiger partial charge in [-0.05, 0) is 31.3 Å². The molecule has 1 aliphatic heterocycles. The summed E-state index contributed by atoms with van der Waals surface area (Å²) in [7, 11) is -2.21. The fraction of sp³-hybridized carbons (Fsp3) is 0.364. The first kappa shape index (κ1) is 9.74. The molecule has 2 rings (SSSR count). The van der Waals surface area contributed by atoms with E-state index in [0.717, 1.165) is 17.0 Å². The molecule has 1 aromatic rings. The van der Waals surface area contributed by atoms with Crippen molar-refractivity contribution >= 4 is 15.6 Å². The number of benzene rings is 1. The van der Waals surface area contributed by atoms with Gasteiger partial charge in [-0.1, -0.05) is 18.2 Å². The zero-order chi connectivity index (χ0) is 10.3. The van der Waals surface area contributed by atoms with Crippen LogP contribution in [0.2, 0.25) is 0 Å². The van der Waals surface area contributed by atoms with E-state index in [1.807, 2.05) is 28.6 Å². The van der Waals surface area contributed by atoms with Crippen LogP contribution in [0.25, 0.3) is 0 Å². The molecule has 1 aliphatic rings. The number of fused-ring (bicyclic) bond motifs is 1. The van der Waals surface area contributed by atoms with Crippen LogP contribution >= 0.6 is 0 Å². The van der Waals surface area contributed by atoms with Gasteiger partial charge in [-0.25, -0.2) is 8.51 Å². The van der Waals surface area contributed by atoms with Crippen LogP contribution in [0.1, 0.15) is 19.4 Å². The van der Waals surface area contributed by atoms with E-state index in [9.17, 15) is 4.21 Å². The summed E-state index contributed by atoms with van der Waals surface area (Å²) in [6.45, 7) is 4.86. The van der Waals surface area contributed by atoms with Crippen LogP contribution in [0.15, 0.2) is 29.2 Å². The van der Waals surface area contributed by atoms with Gasteiger partial charge in [0.2, 0.25) is 0 Å². The SMILES string of the molecule is C=S1(=O)c2ccccc2CN1C(C)C. The van der Waals surface area contributed by atoms with Gasteiger partial charge in [-0.2, -0.15) is 0 Å². The summed E-state index contributed by atoms with van der Waals surface area (Å²) < 4.78 is 14.4. The van der Waals surface area contributed by atoms with Crippen molar-refractivity contribution in [2.24, 2.45) is 0 Å². The Morgan fingerprint density at radius 1 is 1.43 bits per heavy atom. The molecule has 2 nitrogen and oxygen atoms in total. The molecule has 1 heterocycles. The molecule has 14 heavy (non-hydrogen) atoms. The Hall–Kier alpha value is -0.800. The normalized spacial score (nSPS) is 26.8. The maximum absolute atomic E-state index is 12.4. The van der Waals surface area contributed by atoms with Gasteiger partial charge in [0.25, 0.3) is 0 Å². The molecule has 1 atom stereocenters. The van der Waals surface area contributed by atoms with Gasteiger partial charge in [0.1, 0.15) is 0 Å². The molecule has 0 spiro atoms. The summed E-state index contributed by atoms with van der Waals surface area (Å²) in [6.07, 6.45) is 0. The molecule has 3 heteroatoms. The van der Waals surface area contributed by atoms with Crippen LogP contribution in [0.3, 0.4) is 0 Å². The number of nitrogens with zero attached hydrogens (tertiary/aromatic N) is 1. The second-order valence-corrected chi connectivity index (χ2v) is 6.11. The lowest BCUT2D eigenvalue weighted by molar-refractivity contribution is 0.383. The Labute approximate surface area is 85.7 Å². The molecule has 1 unspecified atom stereocenters. The first-order chi connectivity index (χ1) is 6.53. The van der Waals surface area contributed by atoms with Crippen molar-refractivity contribution in [3.05, 3.63) is 29.8 Å².